The van der Waals surface area contributed by atoms with Gasteiger partial charge in [-0.05, 0) is 37.0 Å². The summed E-state index contributed by atoms with van der Waals surface area (Å²) >= 11 is 3.63. The lowest BCUT2D eigenvalue weighted by Gasteiger charge is -2.27. The average Bonchev–Trinajstić information content (AvgIpc) is 2.76. The molecule has 0 aromatic heterocycles. The second-order valence-electron chi connectivity index (χ2n) is 5.80. The van der Waals surface area contributed by atoms with E-state index in [9.17, 15) is 8.42 Å². The molecule has 5 heteroatoms. The van der Waals surface area contributed by atoms with E-state index in [1.54, 1.807) is 0 Å². The van der Waals surface area contributed by atoms with Crippen molar-refractivity contribution in [1.82, 2.24) is 0 Å². The van der Waals surface area contributed by atoms with E-state index < -0.39 is 9.84 Å². The van der Waals surface area contributed by atoms with Crippen LogP contribution in [-0.2, 0) is 16.3 Å². The molecule has 110 valence electrons. The van der Waals surface area contributed by atoms with Gasteiger partial charge >= 0.3 is 0 Å². The minimum absolute atomic E-state index is 0.117. The molecule has 0 spiro atoms. The maximum absolute atomic E-state index is 12.2. The highest BCUT2D eigenvalue weighted by molar-refractivity contribution is 9.09. The summed E-state index contributed by atoms with van der Waals surface area (Å²) in [5.41, 5.74) is 2.24. The first-order valence-corrected chi connectivity index (χ1v) is 9.75. The molecule has 0 saturated carbocycles. The Morgan fingerprint density at radius 1 is 1.35 bits per heavy atom. The van der Waals surface area contributed by atoms with Crippen molar-refractivity contribution in [3.63, 3.8) is 0 Å². The van der Waals surface area contributed by atoms with Gasteiger partial charge in [-0.1, -0.05) is 34.5 Å². The normalized spacial score (nSPS) is 29.5. The van der Waals surface area contributed by atoms with Gasteiger partial charge in [-0.3, -0.25) is 0 Å². The van der Waals surface area contributed by atoms with E-state index in [4.69, 9.17) is 4.74 Å². The van der Waals surface area contributed by atoms with Crippen molar-refractivity contribution in [2.24, 2.45) is 0 Å². The molecule has 1 aromatic rings. The fourth-order valence-electron chi connectivity index (χ4n) is 3.14. The number of sulfone groups is 1. The van der Waals surface area contributed by atoms with E-state index in [1.807, 2.05) is 12.1 Å². The smallest absolute Gasteiger partial charge is 0.154 e. The minimum atomic E-state index is -2.97. The first kappa shape index (κ1) is 14.4. The molecule has 20 heavy (non-hydrogen) atoms. The van der Waals surface area contributed by atoms with Gasteiger partial charge in [-0.15, -0.1) is 0 Å². The Bertz CT molecular complexity index is 612. The van der Waals surface area contributed by atoms with Gasteiger partial charge in [-0.2, -0.15) is 0 Å². The first-order valence-electron chi connectivity index (χ1n) is 7.12. The van der Waals surface area contributed by atoms with Crippen LogP contribution in [0.1, 0.15) is 42.1 Å². The van der Waals surface area contributed by atoms with Gasteiger partial charge in [-0.25, -0.2) is 8.42 Å². The van der Waals surface area contributed by atoms with E-state index >= 15 is 0 Å². The quantitative estimate of drug-likeness (QED) is 0.760. The van der Waals surface area contributed by atoms with Crippen LogP contribution in [0.5, 0.6) is 5.75 Å². The van der Waals surface area contributed by atoms with Gasteiger partial charge in [0.1, 0.15) is 11.9 Å². The lowest BCUT2D eigenvalue weighted by Crippen LogP contribution is -2.31. The van der Waals surface area contributed by atoms with Crippen LogP contribution >= 0.6 is 15.9 Å². The van der Waals surface area contributed by atoms with Crippen LogP contribution < -0.4 is 4.74 Å². The van der Waals surface area contributed by atoms with Gasteiger partial charge < -0.3 is 4.74 Å². The molecule has 0 amide bonds. The Balaban J connectivity index is 1.88. The molecule has 3 nitrogen and oxygen atoms in total. The highest BCUT2D eigenvalue weighted by Crippen LogP contribution is 2.39. The molecule has 3 unspecified atom stereocenters. The molecule has 0 bridgehead atoms. The van der Waals surface area contributed by atoms with Gasteiger partial charge in [0.05, 0.1) is 15.8 Å². The zero-order valence-corrected chi connectivity index (χ0v) is 13.9. The first-order chi connectivity index (χ1) is 9.47. The fraction of sp³-hybridized carbons (Fsp3) is 0.600. The largest absolute Gasteiger partial charge is 0.490 e. The van der Waals surface area contributed by atoms with E-state index in [0.717, 1.165) is 37.0 Å². The third-order valence-electron chi connectivity index (χ3n) is 4.19. The van der Waals surface area contributed by atoms with Crippen LogP contribution in [0.4, 0.5) is 0 Å². The number of benzene rings is 1. The second kappa shape index (κ2) is 5.34. The summed E-state index contributed by atoms with van der Waals surface area (Å²) in [6.45, 7) is 2.05. The van der Waals surface area contributed by atoms with Crippen molar-refractivity contribution >= 4 is 25.8 Å². The van der Waals surface area contributed by atoms with Crippen molar-refractivity contribution < 1.29 is 13.2 Å². The molecule has 1 fully saturated rings. The maximum atomic E-state index is 12.2. The zero-order valence-electron chi connectivity index (χ0n) is 11.5. The molecule has 3 atom stereocenters. The Labute approximate surface area is 128 Å². The number of alkyl halides is 1. The summed E-state index contributed by atoms with van der Waals surface area (Å²) in [4.78, 5) is -0.117. The number of hydrogen-bond acceptors (Lipinski definition) is 3. The summed E-state index contributed by atoms with van der Waals surface area (Å²) in [6.07, 6.45) is 3.67. The molecule has 2 heterocycles. The standard InChI is InChI=1S/C15H19BrO3S/c1-10-8-12-9-11(5-6-13(12)19-10)15(16)14-4-2-3-7-20(14,17)18/h5-6,9-10,14-15H,2-4,7-8H2,1H3. The molecular formula is C15H19BrO3S. The number of hydrogen-bond donors (Lipinski definition) is 0. The summed E-state index contributed by atoms with van der Waals surface area (Å²) in [5, 5.41) is -0.297. The molecular weight excluding hydrogens is 340 g/mol. The number of rotatable bonds is 2. The fourth-order valence-corrected chi connectivity index (χ4v) is 6.63. The SMILES string of the molecule is CC1Cc2cc(C(Br)C3CCCCS3(=O)=O)ccc2O1. The molecule has 1 saturated heterocycles. The average molecular weight is 359 g/mol. The van der Waals surface area contributed by atoms with Gasteiger partial charge in [0.2, 0.25) is 0 Å². The summed E-state index contributed by atoms with van der Waals surface area (Å²) in [6, 6.07) is 6.06. The number of fused-ring (bicyclic) bond motifs is 1. The van der Waals surface area contributed by atoms with Gasteiger partial charge in [0, 0.05) is 6.42 Å². The third-order valence-corrected chi connectivity index (χ3v) is 8.00. The number of ether oxygens (including phenoxy) is 1. The molecule has 3 rings (SSSR count). The van der Waals surface area contributed by atoms with E-state index in [0.29, 0.717) is 5.75 Å². The summed E-state index contributed by atoms with van der Waals surface area (Å²) in [7, 11) is -2.97. The minimum Gasteiger partial charge on any atom is -0.490 e. The Morgan fingerprint density at radius 3 is 2.90 bits per heavy atom. The molecule has 0 aliphatic carbocycles. The Morgan fingerprint density at radius 2 is 2.15 bits per heavy atom. The van der Waals surface area contributed by atoms with Gasteiger partial charge in [0.25, 0.3) is 0 Å². The van der Waals surface area contributed by atoms with E-state index in [-0.39, 0.29) is 16.2 Å². The lowest BCUT2D eigenvalue weighted by atomic mass is 10.0. The lowest BCUT2D eigenvalue weighted by molar-refractivity contribution is 0.254. The monoisotopic (exact) mass is 358 g/mol. The number of halogens is 1. The summed E-state index contributed by atoms with van der Waals surface area (Å²) < 4.78 is 30.1. The Hall–Kier alpha value is -0.550. The predicted octanol–water partition coefficient (Wildman–Crippen LogP) is 3.41. The van der Waals surface area contributed by atoms with Crippen molar-refractivity contribution in [3.8, 4) is 5.75 Å². The van der Waals surface area contributed by atoms with Crippen LogP contribution in [0.25, 0.3) is 0 Å². The highest BCUT2D eigenvalue weighted by Gasteiger charge is 2.35. The second-order valence-corrected chi connectivity index (χ2v) is 9.13. The van der Waals surface area contributed by atoms with Crippen LogP contribution in [0.15, 0.2) is 18.2 Å². The van der Waals surface area contributed by atoms with E-state index in [1.165, 1.54) is 5.56 Å². The molecule has 1 aromatic carbocycles. The van der Waals surface area contributed by atoms with Crippen LogP contribution in [0.3, 0.4) is 0 Å². The topological polar surface area (TPSA) is 43.4 Å². The predicted molar refractivity (Wildman–Crippen MR) is 83.3 cm³/mol. The van der Waals surface area contributed by atoms with Crippen molar-refractivity contribution in [2.75, 3.05) is 5.75 Å². The highest BCUT2D eigenvalue weighted by atomic mass is 79.9. The zero-order chi connectivity index (χ0) is 14.3. The molecule has 2 aliphatic rings. The van der Waals surface area contributed by atoms with Crippen LogP contribution in [-0.4, -0.2) is 25.5 Å². The third kappa shape index (κ3) is 2.62. The Kier molecular flexibility index (Phi) is 3.84. The van der Waals surface area contributed by atoms with Crippen molar-refractivity contribution in [2.45, 2.75) is 48.8 Å². The molecule has 0 N–H and O–H groups in total. The van der Waals surface area contributed by atoms with Gasteiger partial charge in [0.15, 0.2) is 9.84 Å². The molecule has 0 radical (unpaired) electrons. The van der Waals surface area contributed by atoms with Crippen molar-refractivity contribution in [3.05, 3.63) is 29.3 Å². The van der Waals surface area contributed by atoms with Crippen LogP contribution in [0, 0.1) is 0 Å². The molecule has 2 aliphatic heterocycles. The summed E-state index contributed by atoms with van der Waals surface area (Å²) in [5.74, 6) is 1.26. The maximum Gasteiger partial charge on any atom is 0.154 e. The van der Waals surface area contributed by atoms with Crippen LogP contribution in [0.2, 0.25) is 0 Å². The van der Waals surface area contributed by atoms with Crippen molar-refractivity contribution in [1.29, 1.82) is 0 Å². The van der Waals surface area contributed by atoms with E-state index in [2.05, 4.69) is 28.9 Å².